The monoisotopic (exact) mass is 473 g/mol. The fraction of sp³-hybridized carbons (Fsp3) is 0.0833. The molecule has 7 nitrogen and oxygen atoms in total. The lowest BCUT2D eigenvalue weighted by molar-refractivity contribution is -0.113. The zero-order chi connectivity index (χ0) is 22.6. The van der Waals surface area contributed by atoms with Crippen molar-refractivity contribution in [2.75, 3.05) is 11.1 Å². The van der Waals surface area contributed by atoms with Crippen molar-refractivity contribution in [2.45, 2.75) is 11.7 Å². The van der Waals surface area contributed by atoms with E-state index in [0.717, 1.165) is 20.7 Å². The predicted molar refractivity (Wildman–Crippen MR) is 132 cm³/mol. The van der Waals surface area contributed by atoms with E-state index >= 15 is 0 Å². The van der Waals surface area contributed by atoms with E-state index in [1.165, 1.54) is 11.8 Å². The van der Waals surface area contributed by atoms with Gasteiger partial charge in [-0.2, -0.15) is 0 Å². The van der Waals surface area contributed by atoms with Crippen LogP contribution in [0.25, 0.3) is 15.2 Å². The molecule has 0 radical (unpaired) electrons. The minimum atomic E-state index is -0.244. The first-order valence-corrected chi connectivity index (χ1v) is 12.1. The molecule has 3 aromatic carbocycles. The molecule has 9 heteroatoms. The second-order valence-corrected chi connectivity index (χ2v) is 9.17. The molecule has 0 bridgehead atoms. The molecule has 5 aromatic rings. The molecule has 0 unspecified atom stereocenters. The van der Waals surface area contributed by atoms with Crippen molar-refractivity contribution in [3.05, 3.63) is 90.0 Å². The first-order chi connectivity index (χ1) is 16.2. The summed E-state index contributed by atoms with van der Waals surface area (Å²) < 4.78 is 3.08. The summed E-state index contributed by atoms with van der Waals surface area (Å²) in [6.07, 6.45) is 0. The van der Waals surface area contributed by atoms with Gasteiger partial charge in [0.25, 0.3) is 5.91 Å². The number of thioether (sulfide) groups is 1. The fourth-order valence-electron chi connectivity index (χ4n) is 3.43. The number of thiazole rings is 1. The summed E-state index contributed by atoms with van der Waals surface area (Å²) in [5, 5.41) is 14.9. The predicted octanol–water partition coefficient (Wildman–Crippen LogP) is 4.60. The van der Waals surface area contributed by atoms with E-state index < -0.39 is 0 Å². The lowest BCUT2D eigenvalue weighted by atomic mass is 10.1. The van der Waals surface area contributed by atoms with Crippen LogP contribution in [0.3, 0.4) is 0 Å². The Hall–Kier alpha value is -3.69. The minimum Gasteiger partial charge on any atom is -0.348 e. The molecule has 0 aliphatic heterocycles. The van der Waals surface area contributed by atoms with Crippen molar-refractivity contribution in [1.29, 1.82) is 0 Å². The van der Waals surface area contributed by atoms with E-state index in [-0.39, 0.29) is 17.6 Å². The third-order valence-electron chi connectivity index (χ3n) is 4.99. The number of rotatable bonds is 7. The third kappa shape index (κ3) is 4.59. The summed E-state index contributed by atoms with van der Waals surface area (Å²) in [5.41, 5.74) is 2.91. The maximum atomic E-state index is 12.7. The topological polar surface area (TPSA) is 88.4 Å². The largest absolute Gasteiger partial charge is 0.348 e. The number of amides is 2. The molecular formula is C24H19N5O2S2. The van der Waals surface area contributed by atoms with Gasteiger partial charge in [-0.05, 0) is 29.8 Å². The first-order valence-electron chi connectivity index (χ1n) is 10.3. The van der Waals surface area contributed by atoms with Crippen LogP contribution in [0.1, 0.15) is 15.9 Å². The highest BCUT2D eigenvalue weighted by Crippen LogP contribution is 2.29. The summed E-state index contributed by atoms with van der Waals surface area (Å²) in [5.74, 6) is -0.323. The zero-order valence-electron chi connectivity index (χ0n) is 17.4. The van der Waals surface area contributed by atoms with Crippen LogP contribution >= 0.6 is 23.1 Å². The number of aromatic nitrogens is 3. The molecular weight excluding hydrogens is 454 g/mol. The Bertz CT molecular complexity index is 1450. The Morgan fingerprint density at radius 1 is 0.909 bits per heavy atom. The molecule has 5 rings (SSSR count). The molecule has 164 valence electrons. The highest BCUT2D eigenvalue weighted by Gasteiger charge is 2.16. The maximum absolute atomic E-state index is 12.7. The van der Waals surface area contributed by atoms with E-state index in [1.54, 1.807) is 35.6 Å². The minimum absolute atomic E-state index is 0.144. The van der Waals surface area contributed by atoms with Crippen LogP contribution in [-0.2, 0) is 11.3 Å². The van der Waals surface area contributed by atoms with Gasteiger partial charge in [0.05, 0.1) is 27.2 Å². The third-order valence-corrected chi connectivity index (χ3v) is 6.93. The number of hydrogen-bond acceptors (Lipinski definition) is 6. The van der Waals surface area contributed by atoms with Gasteiger partial charge in [0.1, 0.15) is 0 Å². The summed E-state index contributed by atoms with van der Waals surface area (Å²) >= 11 is 2.87. The second kappa shape index (κ2) is 9.43. The van der Waals surface area contributed by atoms with Crippen molar-refractivity contribution in [1.82, 2.24) is 19.9 Å². The molecule has 0 atom stereocenters. The SMILES string of the molecule is O=C(CSc1nnc2sc3ccccc3n12)Nc1ccccc1C(=O)NCc1ccccc1. The number of nitrogens with one attached hydrogen (secondary N) is 2. The van der Waals surface area contributed by atoms with E-state index in [2.05, 4.69) is 20.8 Å². The van der Waals surface area contributed by atoms with Crippen LogP contribution in [0.4, 0.5) is 5.69 Å². The highest BCUT2D eigenvalue weighted by molar-refractivity contribution is 7.99. The summed E-state index contributed by atoms with van der Waals surface area (Å²) in [6.45, 7) is 0.412. The number of benzene rings is 3. The molecule has 0 aliphatic rings. The molecule has 0 spiro atoms. The molecule has 0 saturated carbocycles. The standard InChI is InChI=1S/C24H19N5O2S2/c30-21(15-32-23-27-28-24-29(23)19-12-6-7-13-20(19)33-24)26-18-11-5-4-10-17(18)22(31)25-14-16-8-2-1-3-9-16/h1-13H,14-15H2,(H,25,31)(H,26,30). The van der Waals surface area contributed by atoms with Gasteiger partial charge >= 0.3 is 0 Å². The molecule has 33 heavy (non-hydrogen) atoms. The van der Waals surface area contributed by atoms with Gasteiger partial charge in [-0.3, -0.25) is 14.0 Å². The Balaban J connectivity index is 1.25. The molecule has 2 aromatic heterocycles. The van der Waals surface area contributed by atoms with Gasteiger partial charge in [-0.1, -0.05) is 77.7 Å². The smallest absolute Gasteiger partial charge is 0.253 e. The van der Waals surface area contributed by atoms with Crippen molar-refractivity contribution >= 4 is 55.8 Å². The van der Waals surface area contributed by atoms with Gasteiger partial charge in [-0.15, -0.1) is 10.2 Å². The second-order valence-electron chi connectivity index (χ2n) is 7.22. The van der Waals surface area contributed by atoms with Gasteiger partial charge in [-0.25, -0.2) is 0 Å². The average molecular weight is 474 g/mol. The maximum Gasteiger partial charge on any atom is 0.253 e. The Morgan fingerprint density at radius 3 is 2.55 bits per heavy atom. The normalized spacial score (nSPS) is 11.0. The Labute approximate surface area is 197 Å². The molecule has 2 amide bonds. The van der Waals surface area contributed by atoms with Crippen molar-refractivity contribution in [3.8, 4) is 0 Å². The fourth-order valence-corrected chi connectivity index (χ4v) is 5.20. The van der Waals surface area contributed by atoms with E-state index in [0.29, 0.717) is 23.0 Å². The van der Waals surface area contributed by atoms with Crippen LogP contribution in [0.15, 0.2) is 84.0 Å². The molecule has 0 aliphatic carbocycles. The van der Waals surface area contributed by atoms with Crippen LogP contribution in [0.5, 0.6) is 0 Å². The van der Waals surface area contributed by atoms with Crippen LogP contribution in [-0.4, -0.2) is 32.2 Å². The van der Waals surface area contributed by atoms with Gasteiger partial charge in [0, 0.05) is 6.54 Å². The lowest BCUT2D eigenvalue weighted by Crippen LogP contribution is -2.25. The van der Waals surface area contributed by atoms with E-state index in [1.807, 2.05) is 59.0 Å². The van der Waals surface area contributed by atoms with Gasteiger partial charge in [0.15, 0.2) is 5.16 Å². The number of hydrogen-bond donors (Lipinski definition) is 2. The molecule has 0 fully saturated rings. The summed E-state index contributed by atoms with van der Waals surface area (Å²) in [6, 6.07) is 24.7. The number of carbonyl (C=O) groups is 2. The summed E-state index contributed by atoms with van der Waals surface area (Å²) in [4.78, 5) is 26.2. The van der Waals surface area contributed by atoms with Crippen LogP contribution in [0, 0.1) is 0 Å². The lowest BCUT2D eigenvalue weighted by Gasteiger charge is -2.11. The number of fused-ring (bicyclic) bond motifs is 3. The van der Waals surface area contributed by atoms with Crippen molar-refractivity contribution < 1.29 is 9.59 Å². The summed E-state index contributed by atoms with van der Waals surface area (Å²) in [7, 11) is 0. The van der Waals surface area contributed by atoms with Gasteiger partial charge in [0.2, 0.25) is 10.9 Å². The van der Waals surface area contributed by atoms with E-state index in [9.17, 15) is 9.59 Å². The zero-order valence-corrected chi connectivity index (χ0v) is 19.0. The van der Waals surface area contributed by atoms with E-state index in [4.69, 9.17) is 0 Å². The highest BCUT2D eigenvalue weighted by atomic mass is 32.2. The van der Waals surface area contributed by atoms with Gasteiger partial charge < -0.3 is 10.6 Å². The van der Waals surface area contributed by atoms with Crippen LogP contribution in [0.2, 0.25) is 0 Å². The Kier molecular flexibility index (Phi) is 6.05. The first kappa shape index (κ1) is 21.2. The van der Waals surface area contributed by atoms with Crippen LogP contribution < -0.4 is 10.6 Å². The number of para-hydroxylation sites is 2. The molecule has 0 saturated heterocycles. The number of nitrogens with zero attached hydrogens (tertiary/aromatic N) is 3. The molecule has 2 N–H and O–H groups in total. The Morgan fingerprint density at radius 2 is 1.67 bits per heavy atom. The number of anilines is 1. The van der Waals surface area contributed by atoms with Crippen molar-refractivity contribution in [3.63, 3.8) is 0 Å². The average Bonchev–Trinajstić information content (AvgIpc) is 3.41. The molecule has 2 heterocycles. The quantitative estimate of drug-likeness (QED) is 0.337. The van der Waals surface area contributed by atoms with Crippen molar-refractivity contribution in [2.24, 2.45) is 0 Å². The number of carbonyl (C=O) groups excluding carboxylic acids is 2.